The molecule has 5 aromatic carbocycles. The Balaban J connectivity index is 1.47. The Morgan fingerprint density at radius 1 is 0.667 bits per heavy atom. The molecule has 1 aromatic heterocycles. The molecule has 0 aliphatic carbocycles. The number of hydrogen-bond donors (Lipinski definition) is 2. The summed E-state index contributed by atoms with van der Waals surface area (Å²) in [6.07, 6.45) is -0.588. The molecule has 0 aliphatic rings. The minimum absolute atomic E-state index is 0.459. The highest BCUT2D eigenvalue weighted by Gasteiger charge is 2.23. The quantitative estimate of drug-likeness (QED) is 0.215. The number of aliphatic hydroxyl groups excluding tert-OH is 1. The van der Waals surface area contributed by atoms with Gasteiger partial charge in [-0.05, 0) is 40.1 Å². The molecule has 6 aromatic rings. The van der Waals surface area contributed by atoms with Crippen LogP contribution in [0, 0.1) is 0 Å². The molecule has 1 heterocycles. The maximum Gasteiger partial charge on any atom is 0.0891 e. The van der Waals surface area contributed by atoms with E-state index in [2.05, 4.69) is 145 Å². The van der Waals surface area contributed by atoms with Gasteiger partial charge in [0.1, 0.15) is 0 Å². The first-order chi connectivity index (χ1) is 19.1. The minimum Gasteiger partial charge on any atom is -0.389 e. The Morgan fingerprint density at radius 3 is 2.00 bits per heavy atom. The fourth-order valence-corrected chi connectivity index (χ4v) is 5.59. The molecule has 1 unspecified atom stereocenters. The number of rotatable bonds is 8. The van der Waals surface area contributed by atoms with E-state index < -0.39 is 6.10 Å². The number of aliphatic hydroxyl groups is 1. The summed E-state index contributed by atoms with van der Waals surface area (Å²) in [4.78, 5) is 0. The van der Waals surface area contributed by atoms with Crippen LogP contribution in [0.1, 0.15) is 25.3 Å². The van der Waals surface area contributed by atoms with Crippen LogP contribution in [-0.2, 0) is 6.54 Å². The second-order valence-corrected chi connectivity index (χ2v) is 10.6. The lowest BCUT2D eigenvalue weighted by molar-refractivity contribution is 0.169. The van der Waals surface area contributed by atoms with Gasteiger partial charge in [-0.1, -0.05) is 123 Å². The highest BCUT2D eigenvalue weighted by atomic mass is 16.3. The van der Waals surface area contributed by atoms with Crippen molar-refractivity contribution < 1.29 is 5.11 Å². The first-order valence-corrected chi connectivity index (χ1v) is 13.8. The molecule has 0 bridgehead atoms. The summed E-state index contributed by atoms with van der Waals surface area (Å²) in [7, 11) is 0. The monoisotopic (exact) mass is 510 g/mol. The maximum absolute atomic E-state index is 11.4. The molecule has 1 atom stereocenters. The van der Waals surface area contributed by atoms with Crippen LogP contribution >= 0.6 is 0 Å². The molecule has 0 radical (unpaired) electrons. The molecule has 3 heteroatoms. The van der Waals surface area contributed by atoms with E-state index in [9.17, 15) is 5.11 Å². The average Bonchev–Trinajstić information content (AvgIpc) is 3.31. The fourth-order valence-electron chi connectivity index (χ4n) is 5.59. The molecular weight excluding hydrogens is 476 g/mol. The second-order valence-electron chi connectivity index (χ2n) is 10.6. The zero-order chi connectivity index (χ0) is 26.8. The van der Waals surface area contributed by atoms with Gasteiger partial charge in [0.25, 0.3) is 0 Å². The number of anilines is 1. The van der Waals surface area contributed by atoms with E-state index in [4.69, 9.17) is 0 Å². The van der Waals surface area contributed by atoms with Crippen LogP contribution in [0.5, 0.6) is 0 Å². The van der Waals surface area contributed by atoms with Gasteiger partial charge >= 0.3 is 0 Å². The molecule has 0 saturated carbocycles. The largest absolute Gasteiger partial charge is 0.389 e. The van der Waals surface area contributed by atoms with E-state index in [1.54, 1.807) is 0 Å². The smallest absolute Gasteiger partial charge is 0.0891 e. The molecule has 0 saturated heterocycles. The Morgan fingerprint density at radius 2 is 1.31 bits per heavy atom. The highest BCUT2D eigenvalue weighted by molar-refractivity contribution is 6.15. The van der Waals surface area contributed by atoms with Gasteiger partial charge < -0.3 is 15.0 Å². The van der Waals surface area contributed by atoms with E-state index in [1.807, 2.05) is 0 Å². The van der Waals surface area contributed by atoms with Crippen LogP contribution in [0.25, 0.3) is 44.1 Å². The van der Waals surface area contributed by atoms with Crippen molar-refractivity contribution in [1.29, 1.82) is 0 Å². The summed E-state index contributed by atoms with van der Waals surface area (Å²) >= 11 is 0. The molecule has 6 rings (SSSR count). The molecular formula is C36H34N2O. The Labute approximate surface area is 230 Å². The standard InChI is InChI=1S/C36H34N2O/c1-25(2)26-17-20-30(21-18-26)37-23-31(39)24-38-35(29-14-7-4-8-15-29)34(28-12-5-3-6-13-28)33-22-19-27-11-9-10-16-32(27)36(33)38/h3-22,25,31,37,39H,23-24H2,1-2H3. The van der Waals surface area contributed by atoms with Gasteiger partial charge in [0.15, 0.2) is 0 Å². The second kappa shape index (κ2) is 10.8. The van der Waals surface area contributed by atoms with Crippen LogP contribution in [0.15, 0.2) is 121 Å². The lowest BCUT2D eigenvalue weighted by Crippen LogP contribution is -2.25. The van der Waals surface area contributed by atoms with Crippen molar-refractivity contribution in [3.63, 3.8) is 0 Å². The normalized spacial score (nSPS) is 12.3. The van der Waals surface area contributed by atoms with Crippen molar-refractivity contribution >= 4 is 27.4 Å². The van der Waals surface area contributed by atoms with Crippen LogP contribution in [0.4, 0.5) is 5.69 Å². The summed E-state index contributed by atoms with van der Waals surface area (Å²) in [6, 6.07) is 42.7. The van der Waals surface area contributed by atoms with Crippen molar-refractivity contribution in [3.05, 3.63) is 127 Å². The van der Waals surface area contributed by atoms with E-state index in [-0.39, 0.29) is 0 Å². The average molecular weight is 511 g/mol. The van der Waals surface area contributed by atoms with Gasteiger partial charge in [0, 0.05) is 28.6 Å². The Hall–Kier alpha value is -4.34. The molecule has 2 N–H and O–H groups in total. The molecule has 3 nitrogen and oxygen atoms in total. The molecule has 0 aliphatic heterocycles. The molecule has 194 valence electrons. The maximum atomic E-state index is 11.4. The van der Waals surface area contributed by atoms with Crippen molar-refractivity contribution in [1.82, 2.24) is 4.57 Å². The number of benzene rings is 5. The third-order valence-electron chi connectivity index (χ3n) is 7.57. The Kier molecular flexibility index (Phi) is 6.91. The van der Waals surface area contributed by atoms with Crippen LogP contribution in [-0.4, -0.2) is 22.3 Å². The zero-order valence-electron chi connectivity index (χ0n) is 22.5. The van der Waals surface area contributed by atoms with E-state index in [0.717, 1.165) is 22.5 Å². The highest BCUT2D eigenvalue weighted by Crippen LogP contribution is 2.43. The van der Waals surface area contributed by atoms with Crippen molar-refractivity contribution in [2.24, 2.45) is 0 Å². The predicted octanol–water partition coefficient (Wildman–Crippen LogP) is 8.72. The first kappa shape index (κ1) is 25.0. The van der Waals surface area contributed by atoms with Crippen LogP contribution < -0.4 is 5.32 Å². The van der Waals surface area contributed by atoms with Crippen LogP contribution in [0.3, 0.4) is 0 Å². The summed E-state index contributed by atoms with van der Waals surface area (Å²) in [5, 5.41) is 18.4. The number of nitrogens with zero attached hydrogens (tertiary/aromatic N) is 1. The van der Waals surface area contributed by atoms with Gasteiger partial charge in [-0.3, -0.25) is 0 Å². The van der Waals surface area contributed by atoms with E-state index in [0.29, 0.717) is 19.0 Å². The SMILES string of the molecule is CC(C)c1ccc(NCC(O)Cn2c(-c3ccccc3)c(-c3ccccc3)c3ccc4ccccc4c32)cc1. The zero-order valence-corrected chi connectivity index (χ0v) is 22.5. The van der Waals surface area contributed by atoms with E-state index in [1.165, 1.54) is 32.8 Å². The summed E-state index contributed by atoms with van der Waals surface area (Å²) in [5.41, 5.74) is 8.14. The van der Waals surface area contributed by atoms with Gasteiger partial charge in [0.2, 0.25) is 0 Å². The fraction of sp³-hybridized carbons (Fsp3) is 0.167. The number of aromatic nitrogens is 1. The molecule has 0 fully saturated rings. The topological polar surface area (TPSA) is 37.2 Å². The van der Waals surface area contributed by atoms with Gasteiger partial charge in [0.05, 0.1) is 23.9 Å². The summed E-state index contributed by atoms with van der Waals surface area (Å²) in [5.74, 6) is 0.497. The van der Waals surface area contributed by atoms with Crippen molar-refractivity contribution in [3.8, 4) is 22.4 Å². The lowest BCUT2D eigenvalue weighted by atomic mass is 9.97. The molecule has 39 heavy (non-hydrogen) atoms. The minimum atomic E-state index is -0.588. The van der Waals surface area contributed by atoms with Gasteiger partial charge in [-0.15, -0.1) is 0 Å². The van der Waals surface area contributed by atoms with Gasteiger partial charge in [-0.2, -0.15) is 0 Å². The van der Waals surface area contributed by atoms with Crippen LogP contribution in [0.2, 0.25) is 0 Å². The Bertz CT molecular complexity index is 1700. The predicted molar refractivity (Wildman–Crippen MR) is 165 cm³/mol. The third-order valence-corrected chi connectivity index (χ3v) is 7.57. The van der Waals surface area contributed by atoms with Crippen molar-refractivity contribution in [2.75, 3.05) is 11.9 Å². The molecule has 0 amide bonds. The van der Waals surface area contributed by atoms with Gasteiger partial charge in [-0.25, -0.2) is 0 Å². The lowest BCUT2D eigenvalue weighted by Gasteiger charge is -2.19. The third kappa shape index (κ3) is 4.94. The number of nitrogens with one attached hydrogen (secondary N) is 1. The van der Waals surface area contributed by atoms with Crippen molar-refractivity contribution in [2.45, 2.75) is 32.4 Å². The number of hydrogen-bond acceptors (Lipinski definition) is 2. The van der Waals surface area contributed by atoms with E-state index >= 15 is 0 Å². The number of fused-ring (bicyclic) bond motifs is 3. The first-order valence-electron chi connectivity index (χ1n) is 13.8. The summed E-state index contributed by atoms with van der Waals surface area (Å²) in [6.45, 7) is 5.33. The molecule has 0 spiro atoms. The summed E-state index contributed by atoms with van der Waals surface area (Å²) < 4.78 is 2.34.